The Morgan fingerprint density at radius 1 is 1.34 bits per heavy atom. The number of alkyl halides is 3. The summed E-state index contributed by atoms with van der Waals surface area (Å²) in [6, 6.07) is 6.42. The smallest absolute Gasteiger partial charge is 0.475 e. The standard InChI is InChI=1S/C18H18N6S.C2HF3O2/c1-10-3-11(2)16-14(4-10)17(12(5-19)8-21-16)22-9-15-23-24-18(25-15)13-6-20-7-13;3-2(4,5)1(6)7/h3-4,8,13,20H,6-7,9H2,1-2H3,(H,21,22);(H,6,7). The molecule has 0 amide bonds. The first-order valence-corrected chi connectivity index (χ1v) is 10.3. The lowest BCUT2D eigenvalue weighted by Gasteiger charge is -2.24. The SMILES string of the molecule is Cc1cc(C)c2ncc(C#N)c(NCc3nnc(C4CNC4)s3)c2c1.O=C(O)C(F)(F)F. The quantitative estimate of drug-likeness (QED) is 0.536. The molecule has 168 valence electrons. The Balaban J connectivity index is 0.000000360. The third kappa shape index (κ3) is 5.30. The van der Waals surface area contributed by atoms with Crippen LogP contribution in [0.15, 0.2) is 18.3 Å². The zero-order chi connectivity index (χ0) is 23.5. The average molecular weight is 464 g/mol. The van der Waals surface area contributed by atoms with Gasteiger partial charge in [-0.2, -0.15) is 18.4 Å². The molecule has 0 saturated carbocycles. The van der Waals surface area contributed by atoms with E-state index in [0.717, 1.165) is 50.8 Å². The molecule has 3 aromatic rings. The summed E-state index contributed by atoms with van der Waals surface area (Å²) in [6.07, 6.45) is -3.45. The Bertz CT molecular complexity index is 1180. The van der Waals surface area contributed by atoms with Crippen LogP contribution < -0.4 is 10.6 Å². The molecule has 2 aromatic heterocycles. The number of halogens is 3. The van der Waals surface area contributed by atoms with Gasteiger partial charge in [0.1, 0.15) is 16.1 Å². The minimum absolute atomic E-state index is 0.493. The molecule has 8 nitrogen and oxygen atoms in total. The highest BCUT2D eigenvalue weighted by Crippen LogP contribution is 2.30. The number of hydrogen-bond acceptors (Lipinski definition) is 8. The molecule has 0 aliphatic carbocycles. The van der Waals surface area contributed by atoms with Crippen molar-refractivity contribution in [1.82, 2.24) is 20.5 Å². The number of fused-ring (bicyclic) bond motifs is 1. The van der Waals surface area contributed by atoms with Gasteiger partial charge in [0.15, 0.2) is 0 Å². The molecule has 0 spiro atoms. The number of carboxylic acids is 1. The molecule has 1 fully saturated rings. The summed E-state index contributed by atoms with van der Waals surface area (Å²) >= 11 is 1.64. The molecule has 0 atom stereocenters. The van der Waals surface area contributed by atoms with E-state index in [2.05, 4.69) is 50.9 Å². The monoisotopic (exact) mass is 464 g/mol. The Hall–Kier alpha value is -3.30. The van der Waals surface area contributed by atoms with Crippen molar-refractivity contribution in [1.29, 1.82) is 5.26 Å². The molecule has 0 unspecified atom stereocenters. The molecule has 3 heterocycles. The minimum Gasteiger partial charge on any atom is -0.475 e. The van der Waals surface area contributed by atoms with Crippen molar-refractivity contribution in [2.24, 2.45) is 0 Å². The van der Waals surface area contributed by atoms with E-state index in [1.54, 1.807) is 17.5 Å². The summed E-state index contributed by atoms with van der Waals surface area (Å²) in [4.78, 5) is 13.4. The second-order valence-electron chi connectivity index (χ2n) is 7.18. The number of aromatic nitrogens is 3. The number of carbonyl (C=O) groups is 1. The van der Waals surface area contributed by atoms with E-state index in [1.807, 2.05) is 6.92 Å². The highest BCUT2D eigenvalue weighted by molar-refractivity contribution is 7.11. The predicted octanol–water partition coefficient (Wildman–Crippen LogP) is 3.51. The molecule has 1 aliphatic heterocycles. The molecule has 12 heteroatoms. The van der Waals surface area contributed by atoms with Crippen LogP contribution >= 0.6 is 11.3 Å². The van der Waals surface area contributed by atoms with E-state index >= 15 is 0 Å². The first-order chi connectivity index (χ1) is 15.1. The molecule has 1 aliphatic rings. The molecule has 1 saturated heterocycles. The average Bonchev–Trinajstić information content (AvgIpc) is 3.12. The summed E-state index contributed by atoms with van der Waals surface area (Å²) in [5.41, 5.74) is 4.55. The lowest BCUT2D eigenvalue weighted by molar-refractivity contribution is -0.192. The third-order valence-corrected chi connectivity index (χ3v) is 5.78. The maximum Gasteiger partial charge on any atom is 0.490 e. The third-order valence-electron chi connectivity index (χ3n) is 4.70. The number of aliphatic carboxylic acids is 1. The molecule has 0 bridgehead atoms. The van der Waals surface area contributed by atoms with Gasteiger partial charge in [0.25, 0.3) is 0 Å². The van der Waals surface area contributed by atoms with Crippen molar-refractivity contribution in [2.75, 3.05) is 18.4 Å². The normalized spacial score (nSPS) is 13.6. The van der Waals surface area contributed by atoms with Crippen LogP contribution in [0.25, 0.3) is 10.9 Å². The van der Waals surface area contributed by atoms with E-state index < -0.39 is 12.1 Å². The van der Waals surface area contributed by atoms with Crippen molar-refractivity contribution >= 4 is 33.9 Å². The molecule has 32 heavy (non-hydrogen) atoms. The Morgan fingerprint density at radius 3 is 2.59 bits per heavy atom. The van der Waals surface area contributed by atoms with E-state index in [1.165, 1.54) is 0 Å². The van der Waals surface area contributed by atoms with Crippen LogP contribution in [0.1, 0.15) is 32.6 Å². The fourth-order valence-corrected chi connectivity index (χ4v) is 3.95. The Kier molecular flexibility index (Phi) is 6.90. The number of nitriles is 1. The fraction of sp³-hybridized carbons (Fsp3) is 0.350. The highest BCUT2D eigenvalue weighted by atomic mass is 32.1. The first kappa shape index (κ1) is 23.4. The highest BCUT2D eigenvalue weighted by Gasteiger charge is 2.38. The number of nitrogens with zero attached hydrogens (tertiary/aromatic N) is 4. The van der Waals surface area contributed by atoms with Crippen LogP contribution in [0.2, 0.25) is 0 Å². The first-order valence-electron chi connectivity index (χ1n) is 9.47. The summed E-state index contributed by atoms with van der Waals surface area (Å²) in [6.45, 7) is 6.61. The van der Waals surface area contributed by atoms with Crippen molar-refractivity contribution in [3.8, 4) is 6.07 Å². The largest absolute Gasteiger partial charge is 0.490 e. The van der Waals surface area contributed by atoms with Crippen molar-refractivity contribution in [3.63, 3.8) is 0 Å². The molecule has 4 rings (SSSR count). The molecule has 0 radical (unpaired) electrons. The molecular weight excluding hydrogens is 445 g/mol. The van der Waals surface area contributed by atoms with E-state index in [4.69, 9.17) is 9.90 Å². The van der Waals surface area contributed by atoms with Crippen LogP contribution in [0.3, 0.4) is 0 Å². The van der Waals surface area contributed by atoms with Crippen LogP contribution in [0, 0.1) is 25.2 Å². The van der Waals surface area contributed by atoms with Crippen molar-refractivity contribution in [3.05, 3.63) is 45.0 Å². The van der Waals surface area contributed by atoms with Gasteiger partial charge in [0.05, 0.1) is 23.3 Å². The van der Waals surface area contributed by atoms with Crippen LogP contribution in [-0.4, -0.2) is 45.5 Å². The number of aryl methyl sites for hydroxylation is 2. The van der Waals surface area contributed by atoms with E-state index in [-0.39, 0.29) is 0 Å². The van der Waals surface area contributed by atoms with Crippen LogP contribution in [-0.2, 0) is 11.3 Å². The summed E-state index contributed by atoms with van der Waals surface area (Å²) in [5.74, 6) is -2.26. The minimum atomic E-state index is -5.08. The fourth-order valence-electron chi connectivity index (χ4n) is 3.07. The van der Waals surface area contributed by atoms with E-state index in [0.29, 0.717) is 18.0 Å². The summed E-state index contributed by atoms with van der Waals surface area (Å²) in [5, 5.41) is 34.8. The van der Waals surface area contributed by atoms with Gasteiger partial charge in [0, 0.05) is 30.6 Å². The lowest BCUT2D eigenvalue weighted by Crippen LogP contribution is -2.39. The number of pyridine rings is 1. The number of carboxylic acid groups (broad SMARTS) is 1. The van der Waals surface area contributed by atoms with Crippen LogP contribution in [0.4, 0.5) is 18.9 Å². The van der Waals surface area contributed by atoms with Gasteiger partial charge in [-0.05, 0) is 25.5 Å². The summed E-state index contributed by atoms with van der Waals surface area (Å²) in [7, 11) is 0. The Morgan fingerprint density at radius 2 is 2.03 bits per heavy atom. The predicted molar refractivity (Wildman–Crippen MR) is 112 cm³/mol. The van der Waals surface area contributed by atoms with Gasteiger partial charge in [-0.3, -0.25) is 4.98 Å². The number of nitrogens with one attached hydrogen (secondary N) is 2. The Labute approximate surface area is 185 Å². The topological polar surface area (TPSA) is 124 Å². The van der Waals surface area contributed by atoms with Gasteiger partial charge in [-0.15, -0.1) is 10.2 Å². The van der Waals surface area contributed by atoms with Crippen molar-refractivity contribution in [2.45, 2.75) is 32.5 Å². The zero-order valence-corrected chi connectivity index (χ0v) is 17.9. The summed E-state index contributed by atoms with van der Waals surface area (Å²) < 4.78 is 31.7. The number of rotatable bonds is 4. The molecular formula is C20H19F3N6O2S. The van der Waals surface area contributed by atoms with Gasteiger partial charge in [0.2, 0.25) is 0 Å². The van der Waals surface area contributed by atoms with Gasteiger partial charge in [-0.1, -0.05) is 23.0 Å². The van der Waals surface area contributed by atoms with Gasteiger partial charge >= 0.3 is 12.1 Å². The van der Waals surface area contributed by atoms with Crippen molar-refractivity contribution < 1.29 is 23.1 Å². The number of anilines is 1. The number of benzene rings is 1. The zero-order valence-electron chi connectivity index (χ0n) is 17.1. The maximum atomic E-state index is 10.6. The molecule has 1 aromatic carbocycles. The molecule has 3 N–H and O–H groups in total. The van der Waals surface area contributed by atoms with Gasteiger partial charge < -0.3 is 15.7 Å². The maximum absolute atomic E-state index is 10.6. The van der Waals surface area contributed by atoms with Crippen LogP contribution in [0.5, 0.6) is 0 Å². The lowest BCUT2D eigenvalue weighted by atomic mass is 10.0. The van der Waals surface area contributed by atoms with Gasteiger partial charge in [-0.25, -0.2) is 4.79 Å². The number of hydrogen-bond donors (Lipinski definition) is 3. The van der Waals surface area contributed by atoms with E-state index in [9.17, 15) is 18.4 Å². The second kappa shape index (κ2) is 9.46. The second-order valence-corrected chi connectivity index (χ2v) is 8.28.